The molecule has 12 heteroatoms. The number of hydrogen-bond donors (Lipinski definition) is 4. The third-order valence-corrected chi connectivity index (χ3v) is 5.03. The van der Waals surface area contributed by atoms with Gasteiger partial charge in [0.05, 0.1) is 20.0 Å². The summed E-state index contributed by atoms with van der Waals surface area (Å²) < 4.78 is 10.3. The lowest BCUT2D eigenvalue weighted by molar-refractivity contribution is -0.119. The summed E-state index contributed by atoms with van der Waals surface area (Å²) in [6.45, 7) is 1.43. The maximum Gasteiger partial charge on any atom is 0.269 e. The lowest BCUT2D eigenvalue weighted by atomic mass is 10.2. The summed E-state index contributed by atoms with van der Waals surface area (Å²) >= 11 is 1.09. The van der Waals surface area contributed by atoms with Gasteiger partial charge in [0, 0.05) is 29.8 Å². The van der Waals surface area contributed by atoms with E-state index in [0.29, 0.717) is 28.2 Å². The average molecular weight is 471 g/mol. The Morgan fingerprint density at radius 3 is 2.42 bits per heavy atom. The number of carbonyl (C=O) groups is 3. The lowest BCUT2D eigenvalue weighted by Crippen LogP contribution is -2.42. The van der Waals surface area contributed by atoms with Crippen LogP contribution in [0.2, 0.25) is 0 Å². The predicted octanol–water partition coefficient (Wildman–Crippen LogP) is 2.00. The molecule has 2 aromatic carbocycles. The Labute approximate surface area is 193 Å². The molecular weight excluding hydrogens is 448 g/mol. The highest BCUT2D eigenvalue weighted by atomic mass is 32.2. The second-order valence-corrected chi connectivity index (χ2v) is 7.56. The number of rotatable bonds is 8. The number of aromatic nitrogens is 3. The largest absolute Gasteiger partial charge is 0.497 e. The smallest absolute Gasteiger partial charge is 0.269 e. The molecule has 3 aromatic rings. The van der Waals surface area contributed by atoms with E-state index in [9.17, 15) is 14.4 Å². The van der Waals surface area contributed by atoms with Crippen molar-refractivity contribution in [2.75, 3.05) is 25.3 Å². The zero-order chi connectivity index (χ0) is 23.8. The Balaban J connectivity index is 1.52. The maximum atomic E-state index is 12.3. The average Bonchev–Trinajstić information content (AvgIpc) is 3.29. The van der Waals surface area contributed by atoms with Crippen molar-refractivity contribution in [1.82, 2.24) is 26.0 Å². The third kappa shape index (κ3) is 6.71. The molecule has 0 fully saturated rings. The van der Waals surface area contributed by atoms with E-state index in [1.54, 1.807) is 24.3 Å². The van der Waals surface area contributed by atoms with Crippen LogP contribution in [0.1, 0.15) is 17.3 Å². The van der Waals surface area contributed by atoms with Crippen LogP contribution in [0.3, 0.4) is 0 Å². The maximum absolute atomic E-state index is 12.3. The Bertz CT molecular complexity index is 1140. The number of hydrazine groups is 1. The van der Waals surface area contributed by atoms with Crippen LogP contribution in [0, 0.1) is 0 Å². The van der Waals surface area contributed by atoms with E-state index in [1.807, 2.05) is 6.07 Å². The number of methoxy groups -OCH3 is 2. The molecule has 1 heterocycles. The molecule has 172 valence electrons. The van der Waals surface area contributed by atoms with Crippen molar-refractivity contribution in [3.8, 4) is 22.9 Å². The van der Waals surface area contributed by atoms with Gasteiger partial charge in [0.25, 0.3) is 5.91 Å². The number of anilines is 1. The first-order valence-corrected chi connectivity index (χ1v) is 10.6. The molecule has 11 nitrogen and oxygen atoms in total. The SMILES string of the molecule is COc1cc(OC)cc(C(=O)NNC(=O)CSc2n[nH]c(-c3cccc(NC(C)=O)c3)n2)c1. The van der Waals surface area contributed by atoms with Crippen molar-refractivity contribution in [3.63, 3.8) is 0 Å². The number of amides is 3. The fourth-order valence-electron chi connectivity index (χ4n) is 2.69. The third-order valence-electron chi connectivity index (χ3n) is 4.18. The van der Waals surface area contributed by atoms with Gasteiger partial charge in [-0.3, -0.25) is 30.3 Å². The molecule has 0 saturated carbocycles. The van der Waals surface area contributed by atoms with E-state index in [2.05, 4.69) is 31.3 Å². The molecule has 0 atom stereocenters. The first kappa shape index (κ1) is 23.6. The van der Waals surface area contributed by atoms with Crippen LogP contribution in [0.4, 0.5) is 5.69 Å². The number of benzene rings is 2. The summed E-state index contributed by atoms with van der Waals surface area (Å²) in [5.41, 5.74) is 6.31. The van der Waals surface area contributed by atoms with E-state index in [0.717, 1.165) is 17.3 Å². The Hall–Kier alpha value is -4.06. The van der Waals surface area contributed by atoms with Crippen molar-refractivity contribution in [1.29, 1.82) is 0 Å². The van der Waals surface area contributed by atoms with Crippen LogP contribution in [0.15, 0.2) is 47.6 Å². The van der Waals surface area contributed by atoms with Crippen molar-refractivity contribution in [2.45, 2.75) is 12.1 Å². The highest BCUT2D eigenvalue weighted by Gasteiger charge is 2.13. The number of nitrogens with zero attached hydrogens (tertiary/aromatic N) is 2. The van der Waals surface area contributed by atoms with Gasteiger partial charge >= 0.3 is 0 Å². The summed E-state index contributed by atoms with van der Waals surface area (Å²) in [4.78, 5) is 40.0. The number of aromatic amines is 1. The molecule has 1 aromatic heterocycles. The minimum Gasteiger partial charge on any atom is -0.497 e. The molecule has 4 N–H and O–H groups in total. The Morgan fingerprint density at radius 2 is 1.76 bits per heavy atom. The minimum atomic E-state index is -0.523. The number of thioether (sulfide) groups is 1. The summed E-state index contributed by atoms with van der Waals surface area (Å²) in [6.07, 6.45) is 0. The van der Waals surface area contributed by atoms with Crippen LogP contribution in [-0.2, 0) is 9.59 Å². The topological polar surface area (TPSA) is 147 Å². The first-order chi connectivity index (χ1) is 15.9. The zero-order valence-corrected chi connectivity index (χ0v) is 18.9. The summed E-state index contributed by atoms with van der Waals surface area (Å²) in [5.74, 6) is 0.223. The Kier molecular flexibility index (Phi) is 7.86. The number of hydrogen-bond acceptors (Lipinski definition) is 8. The zero-order valence-electron chi connectivity index (χ0n) is 18.1. The number of ether oxygens (including phenoxy) is 2. The van der Waals surface area contributed by atoms with Gasteiger partial charge in [-0.05, 0) is 24.3 Å². The molecule has 33 heavy (non-hydrogen) atoms. The fourth-order valence-corrected chi connectivity index (χ4v) is 3.29. The molecule has 0 spiro atoms. The van der Waals surface area contributed by atoms with Crippen LogP contribution < -0.4 is 25.6 Å². The molecule has 3 amide bonds. The number of H-pyrrole nitrogens is 1. The summed E-state index contributed by atoms with van der Waals surface area (Å²) in [7, 11) is 2.95. The fraction of sp³-hybridized carbons (Fsp3) is 0.190. The van der Waals surface area contributed by atoms with Crippen LogP contribution in [0.5, 0.6) is 11.5 Å². The normalized spacial score (nSPS) is 10.3. The minimum absolute atomic E-state index is 0.0229. The summed E-state index contributed by atoms with van der Waals surface area (Å²) in [5, 5.41) is 9.94. The molecule has 0 saturated heterocycles. The second kappa shape index (κ2) is 11.0. The van der Waals surface area contributed by atoms with Gasteiger partial charge in [-0.2, -0.15) is 0 Å². The lowest BCUT2D eigenvalue weighted by Gasteiger charge is -2.09. The molecule has 0 radical (unpaired) electrons. The van der Waals surface area contributed by atoms with Gasteiger partial charge in [0.1, 0.15) is 11.5 Å². The number of carbonyl (C=O) groups excluding carboxylic acids is 3. The van der Waals surface area contributed by atoms with Crippen LogP contribution in [0.25, 0.3) is 11.4 Å². The molecular formula is C21H22N6O5S. The quantitative estimate of drug-likeness (QED) is 0.289. The molecule has 0 bridgehead atoms. The van der Waals surface area contributed by atoms with Gasteiger partial charge in [-0.25, -0.2) is 4.98 Å². The van der Waals surface area contributed by atoms with Crippen molar-refractivity contribution in [2.24, 2.45) is 0 Å². The monoisotopic (exact) mass is 470 g/mol. The molecule has 0 aliphatic heterocycles. The standard InChI is InChI=1S/C21H22N6O5S/c1-12(28)22-15-6-4-5-13(7-15)19-23-21(27-25-19)33-11-18(29)24-26-20(30)14-8-16(31-2)10-17(9-14)32-3/h4-10H,11H2,1-3H3,(H,22,28)(H,24,29)(H,26,30)(H,23,25,27). The highest BCUT2D eigenvalue weighted by molar-refractivity contribution is 7.99. The van der Waals surface area contributed by atoms with Crippen molar-refractivity contribution >= 4 is 35.2 Å². The van der Waals surface area contributed by atoms with Crippen LogP contribution in [-0.4, -0.2) is 52.9 Å². The van der Waals surface area contributed by atoms with Crippen molar-refractivity contribution < 1.29 is 23.9 Å². The molecule has 3 rings (SSSR count). The van der Waals surface area contributed by atoms with Gasteiger partial charge in [0.15, 0.2) is 5.82 Å². The van der Waals surface area contributed by atoms with E-state index in [-0.39, 0.29) is 17.2 Å². The Morgan fingerprint density at radius 1 is 1.03 bits per heavy atom. The highest BCUT2D eigenvalue weighted by Crippen LogP contribution is 2.23. The first-order valence-electron chi connectivity index (χ1n) is 9.63. The molecule has 0 aliphatic rings. The van der Waals surface area contributed by atoms with Gasteiger partial charge in [-0.15, -0.1) is 5.10 Å². The van der Waals surface area contributed by atoms with E-state index in [4.69, 9.17) is 9.47 Å². The second-order valence-electron chi connectivity index (χ2n) is 6.62. The molecule has 0 aliphatic carbocycles. The summed E-state index contributed by atoms with van der Waals surface area (Å²) in [6, 6.07) is 11.8. The van der Waals surface area contributed by atoms with E-state index >= 15 is 0 Å². The molecule has 0 unspecified atom stereocenters. The van der Waals surface area contributed by atoms with Gasteiger partial charge < -0.3 is 14.8 Å². The van der Waals surface area contributed by atoms with E-state index in [1.165, 1.54) is 33.3 Å². The van der Waals surface area contributed by atoms with Gasteiger partial charge in [-0.1, -0.05) is 23.9 Å². The van der Waals surface area contributed by atoms with E-state index < -0.39 is 11.8 Å². The van der Waals surface area contributed by atoms with Gasteiger partial charge in [0.2, 0.25) is 17.0 Å². The predicted molar refractivity (Wildman–Crippen MR) is 122 cm³/mol. The number of nitrogens with one attached hydrogen (secondary N) is 4. The van der Waals surface area contributed by atoms with Crippen molar-refractivity contribution in [3.05, 3.63) is 48.0 Å². The van der Waals surface area contributed by atoms with Crippen LogP contribution >= 0.6 is 11.8 Å².